The van der Waals surface area contributed by atoms with E-state index in [1.54, 1.807) is 0 Å². The van der Waals surface area contributed by atoms with Gasteiger partial charge in [-0.3, -0.25) is 4.99 Å². The average molecular weight is 518 g/mol. The van der Waals surface area contributed by atoms with Gasteiger partial charge < -0.3 is 9.80 Å². The smallest absolute Gasteiger partial charge is 0.0856 e. The maximum Gasteiger partial charge on any atom is 0.0856 e. The molecule has 3 aromatic rings. The number of rotatable bonds is 7. The first-order chi connectivity index (χ1) is 17.2. The third-order valence-electron chi connectivity index (χ3n) is 7.47. The Labute approximate surface area is 223 Å². The fourth-order valence-electron chi connectivity index (χ4n) is 5.46. The van der Waals surface area contributed by atoms with Crippen molar-refractivity contribution in [3.8, 4) is 11.1 Å². The minimum atomic E-state index is -0.130. The Bertz CT molecular complexity index is 1300. The number of likely N-dealkylation sites (N-methyl/N-ethyl adjacent to an activating group) is 1. The Hall–Kier alpha value is -2.45. The summed E-state index contributed by atoms with van der Waals surface area (Å²) in [6, 6.07) is 18.0. The molecule has 36 heavy (non-hydrogen) atoms. The molecule has 0 aliphatic carbocycles. The van der Waals surface area contributed by atoms with Crippen LogP contribution in [0, 0.1) is 13.8 Å². The third kappa shape index (κ3) is 5.02. The van der Waals surface area contributed by atoms with Gasteiger partial charge >= 0.3 is 0 Å². The normalized spacial score (nSPS) is 17.8. The Morgan fingerprint density at radius 3 is 2.33 bits per heavy atom. The lowest BCUT2D eigenvalue weighted by Crippen LogP contribution is -2.31. The highest BCUT2D eigenvalue weighted by atomic mass is 35.5. The predicted octanol–water partition coefficient (Wildman–Crippen LogP) is 7.85. The molecule has 4 rings (SSSR count). The van der Waals surface area contributed by atoms with Crippen LogP contribution in [0.1, 0.15) is 34.7 Å². The molecule has 5 heteroatoms. The molecule has 0 amide bonds. The lowest BCUT2D eigenvalue weighted by molar-refractivity contribution is 0.310. The highest BCUT2D eigenvalue weighted by molar-refractivity contribution is 7.64. The first-order valence-corrected chi connectivity index (χ1v) is 15.0. The number of aliphatic imine (C=N–C) groups is 1. The molecule has 1 aliphatic rings. The van der Waals surface area contributed by atoms with Crippen molar-refractivity contribution in [2.24, 2.45) is 4.99 Å². The summed E-state index contributed by atoms with van der Waals surface area (Å²) in [5, 5.41) is 2.24. The quantitative estimate of drug-likeness (QED) is 0.235. The Kier molecular flexibility index (Phi) is 8.05. The first-order valence-electron chi connectivity index (χ1n) is 12.4. The number of halogens is 1. The van der Waals surface area contributed by atoms with E-state index in [2.05, 4.69) is 112 Å². The van der Waals surface area contributed by atoms with E-state index in [1.165, 1.54) is 27.6 Å². The van der Waals surface area contributed by atoms with Crippen LogP contribution in [0.5, 0.6) is 0 Å². The Morgan fingerprint density at radius 2 is 1.72 bits per heavy atom. The van der Waals surface area contributed by atoms with Gasteiger partial charge in [0.1, 0.15) is 0 Å². The molecule has 3 nitrogen and oxygen atoms in total. The first kappa shape index (κ1) is 26.6. The monoisotopic (exact) mass is 517 g/mol. The van der Waals surface area contributed by atoms with E-state index in [0.717, 1.165) is 40.5 Å². The molecule has 2 unspecified atom stereocenters. The molecule has 0 spiro atoms. The number of benzene rings is 3. The van der Waals surface area contributed by atoms with Crippen LogP contribution in [0.2, 0.25) is 5.02 Å². The van der Waals surface area contributed by atoms with E-state index >= 15 is 0 Å². The molecule has 0 aromatic heterocycles. The van der Waals surface area contributed by atoms with E-state index in [9.17, 15) is 0 Å². The number of hydrogen-bond acceptors (Lipinski definition) is 3. The maximum absolute atomic E-state index is 6.88. The molecule has 1 heterocycles. The molecule has 3 aromatic carbocycles. The Balaban J connectivity index is 1.86. The van der Waals surface area contributed by atoms with Crippen LogP contribution in [0.25, 0.3) is 17.2 Å². The molecule has 2 atom stereocenters. The lowest BCUT2D eigenvalue weighted by Gasteiger charge is -2.31. The Morgan fingerprint density at radius 1 is 1.03 bits per heavy atom. The lowest BCUT2D eigenvalue weighted by atomic mass is 9.93. The summed E-state index contributed by atoms with van der Waals surface area (Å²) in [5.41, 5.74) is 9.23. The van der Waals surface area contributed by atoms with Gasteiger partial charge in [-0.15, -0.1) is 0 Å². The standard InChI is InChI=1S/C31H37ClN3P/c1-9-25-20(2)10-13-26(32)31(25)29-18-24(34(5)6)19-35(29)28-17-23(11-14-27(28)33-4)22-12-15-30(36(7)8)21(3)16-22/h9-17,24,29H,1,4,18-19H2,2-3,5-8H3. The predicted molar refractivity (Wildman–Crippen MR) is 163 cm³/mol. The van der Waals surface area contributed by atoms with Crippen molar-refractivity contribution in [2.45, 2.75) is 32.4 Å². The minimum absolute atomic E-state index is 0.112. The molecular formula is C31H37ClN3P. The summed E-state index contributed by atoms with van der Waals surface area (Å²) < 4.78 is 0. The van der Waals surface area contributed by atoms with Gasteiger partial charge in [-0.05, 0) is 106 Å². The molecule has 188 valence electrons. The zero-order chi connectivity index (χ0) is 26.1. The van der Waals surface area contributed by atoms with Crippen molar-refractivity contribution in [2.75, 3.05) is 38.9 Å². The van der Waals surface area contributed by atoms with Gasteiger partial charge in [0.25, 0.3) is 0 Å². The summed E-state index contributed by atoms with van der Waals surface area (Å²) in [5.74, 6) is 0. The van der Waals surface area contributed by atoms with Crippen LogP contribution >= 0.6 is 19.5 Å². The van der Waals surface area contributed by atoms with Crippen LogP contribution in [-0.2, 0) is 0 Å². The van der Waals surface area contributed by atoms with Crippen molar-refractivity contribution in [1.29, 1.82) is 0 Å². The average Bonchev–Trinajstić information content (AvgIpc) is 3.29. The van der Waals surface area contributed by atoms with Gasteiger partial charge in [0, 0.05) is 23.2 Å². The van der Waals surface area contributed by atoms with E-state index < -0.39 is 0 Å². The highest BCUT2D eigenvalue weighted by Crippen LogP contribution is 2.46. The molecule has 0 bridgehead atoms. The summed E-state index contributed by atoms with van der Waals surface area (Å²) in [6.45, 7) is 17.9. The molecular weight excluding hydrogens is 481 g/mol. The summed E-state index contributed by atoms with van der Waals surface area (Å²) in [7, 11) is 4.18. The topological polar surface area (TPSA) is 18.8 Å². The fraction of sp³-hybridized carbons (Fsp3) is 0.323. The van der Waals surface area contributed by atoms with Gasteiger partial charge in [-0.2, -0.15) is 0 Å². The molecule has 0 N–H and O–H groups in total. The van der Waals surface area contributed by atoms with E-state index in [0.29, 0.717) is 6.04 Å². The number of hydrogen-bond donors (Lipinski definition) is 0. The second-order valence-corrected chi connectivity index (χ2v) is 12.9. The van der Waals surface area contributed by atoms with Crippen LogP contribution < -0.4 is 10.2 Å². The summed E-state index contributed by atoms with van der Waals surface area (Å²) in [6.07, 6.45) is 2.92. The largest absolute Gasteiger partial charge is 0.361 e. The van der Waals surface area contributed by atoms with Crippen LogP contribution in [-0.4, -0.2) is 51.6 Å². The van der Waals surface area contributed by atoms with E-state index in [-0.39, 0.29) is 14.0 Å². The second-order valence-electron chi connectivity index (χ2n) is 10.2. The van der Waals surface area contributed by atoms with E-state index in [4.69, 9.17) is 11.6 Å². The maximum atomic E-state index is 6.88. The second kappa shape index (κ2) is 10.9. The zero-order valence-electron chi connectivity index (χ0n) is 22.3. The van der Waals surface area contributed by atoms with Gasteiger partial charge in [-0.1, -0.05) is 62.5 Å². The molecule has 0 radical (unpaired) electrons. The van der Waals surface area contributed by atoms with Crippen molar-refractivity contribution >= 4 is 49.0 Å². The van der Waals surface area contributed by atoms with Crippen LogP contribution in [0.4, 0.5) is 11.4 Å². The fourth-order valence-corrected chi connectivity index (χ4v) is 6.89. The molecule has 0 saturated carbocycles. The summed E-state index contributed by atoms with van der Waals surface area (Å²) in [4.78, 5) is 9.22. The zero-order valence-corrected chi connectivity index (χ0v) is 24.0. The summed E-state index contributed by atoms with van der Waals surface area (Å²) >= 11 is 6.88. The molecule has 1 aliphatic heterocycles. The van der Waals surface area contributed by atoms with Crippen molar-refractivity contribution < 1.29 is 0 Å². The van der Waals surface area contributed by atoms with Crippen LogP contribution in [0.3, 0.4) is 0 Å². The molecule has 1 fully saturated rings. The van der Waals surface area contributed by atoms with Gasteiger partial charge in [-0.25, -0.2) is 0 Å². The van der Waals surface area contributed by atoms with Crippen LogP contribution in [0.15, 0.2) is 60.1 Å². The van der Waals surface area contributed by atoms with Crippen molar-refractivity contribution in [3.63, 3.8) is 0 Å². The van der Waals surface area contributed by atoms with Crippen molar-refractivity contribution in [3.05, 3.63) is 82.4 Å². The SMILES string of the molecule is C=Cc1c(C)ccc(Cl)c1C1CC(N(C)C)CN1c1cc(-c2ccc(P(C)C)c(C)c2)ccc1N=C. The number of aryl methyl sites for hydroxylation is 2. The van der Waals surface area contributed by atoms with E-state index in [1.807, 2.05) is 12.1 Å². The highest BCUT2D eigenvalue weighted by Gasteiger charge is 2.37. The number of nitrogens with zero attached hydrogens (tertiary/aromatic N) is 3. The number of anilines is 1. The third-order valence-corrected chi connectivity index (χ3v) is 9.26. The van der Waals surface area contributed by atoms with Gasteiger partial charge in [0.05, 0.1) is 17.4 Å². The molecule has 1 saturated heterocycles. The van der Waals surface area contributed by atoms with Gasteiger partial charge in [0.15, 0.2) is 0 Å². The minimum Gasteiger partial charge on any atom is -0.361 e. The van der Waals surface area contributed by atoms with Gasteiger partial charge in [0.2, 0.25) is 0 Å². The van der Waals surface area contributed by atoms with Crippen molar-refractivity contribution in [1.82, 2.24) is 4.90 Å².